The Balaban J connectivity index is 2.35. The molecule has 5 heteroatoms. The number of hydrogen-bond acceptors (Lipinski definition) is 3. The van der Waals surface area contributed by atoms with E-state index in [4.69, 9.17) is 15.1 Å². The van der Waals surface area contributed by atoms with Crippen molar-refractivity contribution < 1.29 is 19.0 Å². The second-order valence-corrected chi connectivity index (χ2v) is 4.14. The van der Waals surface area contributed by atoms with E-state index in [1.54, 1.807) is 19.1 Å². The van der Waals surface area contributed by atoms with Gasteiger partial charge in [-0.3, -0.25) is 0 Å². The number of nitrogens with zero attached hydrogens (tertiary/aromatic N) is 1. The maximum Gasteiger partial charge on any atom is 0.335 e. The van der Waals surface area contributed by atoms with Gasteiger partial charge < -0.3 is 9.84 Å². The fourth-order valence-electron chi connectivity index (χ4n) is 1.62. The minimum Gasteiger partial charge on any atom is -0.478 e. The van der Waals surface area contributed by atoms with Crippen LogP contribution in [0.3, 0.4) is 0 Å². The average molecular weight is 271 g/mol. The van der Waals surface area contributed by atoms with Crippen LogP contribution in [0.5, 0.6) is 11.5 Å². The summed E-state index contributed by atoms with van der Waals surface area (Å²) in [5.41, 5.74) is 0.729. The Kier molecular flexibility index (Phi) is 3.67. The predicted molar refractivity (Wildman–Crippen MR) is 69.3 cm³/mol. The van der Waals surface area contributed by atoms with Crippen LogP contribution >= 0.6 is 0 Å². The maximum absolute atomic E-state index is 13.5. The third-order valence-corrected chi connectivity index (χ3v) is 2.72. The molecule has 0 aliphatic rings. The SMILES string of the molecule is Cc1ccc(C(=O)O)cc1Oc1ccc(C#N)c(F)c1. The van der Waals surface area contributed by atoms with Crippen molar-refractivity contribution in [3.05, 3.63) is 58.9 Å². The molecular formula is C15H10FNO3. The third-order valence-electron chi connectivity index (χ3n) is 2.72. The summed E-state index contributed by atoms with van der Waals surface area (Å²) in [4.78, 5) is 10.9. The van der Waals surface area contributed by atoms with Crippen LogP contribution in [0, 0.1) is 24.1 Å². The van der Waals surface area contributed by atoms with Gasteiger partial charge in [0.15, 0.2) is 0 Å². The second-order valence-electron chi connectivity index (χ2n) is 4.14. The van der Waals surface area contributed by atoms with Gasteiger partial charge in [-0.05, 0) is 36.8 Å². The van der Waals surface area contributed by atoms with E-state index >= 15 is 0 Å². The lowest BCUT2D eigenvalue weighted by Crippen LogP contribution is -1.98. The minimum atomic E-state index is -1.07. The van der Waals surface area contributed by atoms with E-state index in [9.17, 15) is 9.18 Å². The molecule has 0 fully saturated rings. The zero-order chi connectivity index (χ0) is 14.7. The van der Waals surface area contributed by atoms with Crippen LogP contribution in [0.4, 0.5) is 4.39 Å². The Morgan fingerprint density at radius 3 is 2.65 bits per heavy atom. The highest BCUT2D eigenvalue weighted by Gasteiger charge is 2.09. The standard InChI is InChI=1S/C15H10FNO3/c1-9-2-3-10(15(18)19)6-14(9)20-12-5-4-11(8-17)13(16)7-12/h2-7H,1H3,(H,18,19). The summed E-state index contributed by atoms with van der Waals surface area (Å²) in [6, 6.07) is 10.0. The van der Waals surface area contributed by atoms with Crippen LogP contribution in [0.1, 0.15) is 21.5 Å². The molecule has 0 saturated carbocycles. The molecule has 2 aromatic rings. The molecule has 0 radical (unpaired) electrons. The Labute approximate surface area is 114 Å². The summed E-state index contributed by atoms with van der Waals surface area (Å²) >= 11 is 0. The summed E-state index contributed by atoms with van der Waals surface area (Å²) in [5.74, 6) is -1.22. The van der Waals surface area contributed by atoms with E-state index in [0.717, 1.165) is 11.6 Å². The van der Waals surface area contributed by atoms with Crippen LogP contribution in [0.25, 0.3) is 0 Å². The van der Waals surface area contributed by atoms with Crippen LogP contribution in [0.2, 0.25) is 0 Å². The number of aryl methyl sites for hydroxylation is 1. The maximum atomic E-state index is 13.5. The molecule has 20 heavy (non-hydrogen) atoms. The first-order valence-corrected chi connectivity index (χ1v) is 5.72. The smallest absolute Gasteiger partial charge is 0.335 e. The highest BCUT2D eigenvalue weighted by Crippen LogP contribution is 2.27. The van der Waals surface area contributed by atoms with Crippen molar-refractivity contribution in [2.75, 3.05) is 0 Å². The number of carboxylic acids is 1. The molecule has 2 rings (SSSR count). The van der Waals surface area contributed by atoms with Gasteiger partial charge >= 0.3 is 5.97 Å². The molecule has 0 aliphatic heterocycles. The quantitative estimate of drug-likeness (QED) is 0.927. The average Bonchev–Trinajstić information content (AvgIpc) is 2.41. The molecular weight excluding hydrogens is 261 g/mol. The fourth-order valence-corrected chi connectivity index (χ4v) is 1.62. The number of carboxylic acid groups (broad SMARTS) is 1. The molecule has 0 saturated heterocycles. The van der Waals surface area contributed by atoms with Crippen molar-refractivity contribution >= 4 is 5.97 Å². The molecule has 0 unspecified atom stereocenters. The molecule has 0 spiro atoms. The van der Waals surface area contributed by atoms with Crippen molar-refractivity contribution in [3.63, 3.8) is 0 Å². The van der Waals surface area contributed by atoms with Crippen molar-refractivity contribution in [2.45, 2.75) is 6.92 Å². The normalized spacial score (nSPS) is 9.85. The lowest BCUT2D eigenvalue weighted by molar-refractivity contribution is 0.0696. The molecule has 0 amide bonds. The van der Waals surface area contributed by atoms with E-state index in [-0.39, 0.29) is 16.9 Å². The number of rotatable bonds is 3. The van der Waals surface area contributed by atoms with Gasteiger partial charge in [-0.15, -0.1) is 0 Å². The van der Waals surface area contributed by atoms with Gasteiger partial charge in [-0.1, -0.05) is 6.07 Å². The predicted octanol–water partition coefficient (Wildman–Crippen LogP) is 3.50. The number of ether oxygens (including phenoxy) is 1. The first-order chi connectivity index (χ1) is 9.51. The van der Waals surface area contributed by atoms with Crippen molar-refractivity contribution in [1.82, 2.24) is 0 Å². The first kappa shape index (κ1) is 13.6. The number of halogens is 1. The molecule has 0 heterocycles. The van der Waals surface area contributed by atoms with E-state index in [2.05, 4.69) is 0 Å². The Morgan fingerprint density at radius 1 is 1.30 bits per heavy atom. The monoisotopic (exact) mass is 271 g/mol. The first-order valence-electron chi connectivity index (χ1n) is 5.72. The van der Waals surface area contributed by atoms with Gasteiger partial charge in [0.05, 0.1) is 11.1 Å². The number of benzene rings is 2. The highest BCUT2D eigenvalue weighted by atomic mass is 19.1. The van der Waals surface area contributed by atoms with Crippen LogP contribution in [-0.2, 0) is 0 Å². The van der Waals surface area contributed by atoms with Crippen LogP contribution in [-0.4, -0.2) is 11.1 Å². The molecule has 0 atom stereocenters. The topological polar surface area (TPSA) is 70.3 Å². The van der Waals surface area contributed by atoms with E-state index < -0.39 is 11.8 Å². The van der Waals surface area contributed by atoms with Gasteiger partial charge in [0, 0.05) is 6.07 Å². The van der Waals surface area contributed by atoms with E-state index in [0.29, 0.717) is 5.75 Å². The summed E-state index contributed by atoms with van der Waals surface area (Å²) in [6.45, 7) is 1.75. The molecule has 100 valence electrons. The van der Waals surface area contributed by atoms with Crippen LogP contribution < -0.4 is 4.74 Å². The Hall–Kier alpha value is -2.87. The van der Waals surface area contributed by atoms with Gasteiger partial charge in [-0.2, -0.15) is 5.26 Å². The summed E-state index contributed by atoms with van der Waals surface area (Å²) in [6.07, 6.45) is 0. The molecule has 2 aromatic carbocycles. The lowest BCUT2D eigenvalue weighted by Gasteiger charge is -2.09. The summed E-state index contributed by atoms with van der Waals surface area (Å²) in [5, 5.41) is 17.6. The van der Waals surface area contributed by atoms with Gasteiger partial charge in [0.2, 0.25) is 0 Å². The number of aromatic carboxylic acids is 1. The highest BCUT2D eigenvalue weighted by molar-refractivity contribution is 5.88. The third kappa shape index (κ3) is 2.75. The van der Waals surface area contributed by atoms with Crippen molar-refractivity contribution in [3.8, 4) is 17.6 Å². The number of hydrogen-bond donors (Lipinski definition) is 1. The summed E-state index contributed by atoms with van der Waals surface area (Å²) < 4.78 is 18.9. The van der Waals surface area contributed by atoms with E-state index in [1.165, 1.54) is 24.3 Å². The Morgan fingerprint density at radius 2 is 2.05 bits per heavy atom. The molecule has 0 aromatic heterocycles. The fraction of sp³-hybridized carbons (Fsp3) is 0.0667. The zero-order valence-electron chi connectivity index (χ0n) is 10.6. The zero-order valence-corrected chi connectivity index (χ0v) is 10.6. The lowest BCUT2D eigenvalue weighted by atomic mass is 10.1. The molecule has 0 bridgehead atoms. The van der Waals surface area contributed by atoms with Crippen LogP contribution in [0.15, 0.2) is 36.4 Å². The van der Waals surface area contributed by atoms with Crippen molar-refractivity contribution in [1.29, 1.82) is 5.26 Å². The van der Waals surface area contributed by atoms with Gasteiger partial charge in [-0.25, -0.2) is 9.18 Å². The molecule has 4 nitrogen and oxygen atoms in total. The summed E-state index contributed by atoms with van der Waals surface area (Å²) in [7, 11) is 0. The van der Waals surface area contributed by atoms with E-state index in [1.807, 2.05) is 0 Å². The second kappa shape index (κ2) is 5.41. The van der Waals surface area contributed by atoms with Gasteiger partial charge in [0.25, 0.3) is 0 Å². The minimum absolute atomic E-state index is 0.0756. The Bertz CT molecular complexity index is 720. The van der Waals surface area contributed by atoms with Crippen molar-refractivity contribution in [2.24, 2.45) is 0 Å². The number of nitriles is 1. The molecule has 1 N–H and O–H groups in total. The largest absolute Gasteiger partial charge is 0.478 e. The molecule has 0 aliphatic carbocycles. The number of carbonyl (C=O) groups is 1. The van der Waals surface area contributed by atoms with Gasteiger partial charge in [0.1, 0.15) is 23.4 Å².